The van der Waals surface area contributed by atoms with Crippen molar-refractivity contribution in [3.05, 3.63) is 86.9 Å². The fourth-order valence-electron chi connectivity index (χ4n) is 7.88. The number of hydrogen-bond acceptors (Lipinski definition) is 10. The van der Waals surface area contributed by atoms with Gasteiger partial charge in [0.15, 0.2) is 0 Å². The molecular formula is C41H50N4O8S. The summed E-state index contributed by atoms with van der Waals surface area (Å²) in [5.41, 5.74) is -1.42. The average molecular weight is 759 g/mol. The average Bonchev–Trinajstić information content (AvgIpc) is 3.43. The van der Waals surface area contributed by atoms with Gasteiger partial charge in [-0.05, 0) is 90.2 Å². The molecule has 4 aromatic rings. The third kappa shape index (κ3) is 7.20. The van der Waals surface area contributed by atoms with Crippen LogP contribution in [0.2, 0.25) is 0 Å². The van der Waals surface area contributed by atoms with Crippen molar-refractivity contribution in [1.29, 1.82) is 0 Å². The van der Waals surface area contributed by atoms with Crippen LogP contribution >= 0.6 is 11.3 Å². The van der Waals surface area contributed by atoms with Gasteiger partial charge in [-0.2, -0.15) is 0 Å². The molecule has 3 fully saturated rings. The van der Waals surface area contributed by atoms with E-state index in [2.05, 4.69) is 18.5 Å². The number of rotatable bonds is 10. The first-order valence-electron chi connectivity index (χ1n) is 18.8. The van der Waals surface area contributed by atoms with Gasteiger partial charge in [-0.25, -0.2) is 23.9 Å². The van der Waals surface area contributed by atoms with Crippen molar-refractivity contribution in [3.8, 4) is 10.8 Å². The number of aryl methyl sites for hydroxylation is 1. The Morgan fingerprint density at radius 2 is 1.78 bits per heavy atom. The van der Waals surface area contributed by atoms with Crippen LogP contribution in [0, 0.1) is 24.7 Å². The van der Waals surface area contributed by atoms with Gasteiger partial charge < -0.3 is 23.5 Å². The maximum Gasteiger partial charge on any atom is 0.410 e. The number of hydrogen-bond donors (Lipinski definition) is 0. The molecule has 1 saturated heterocycles. The number of fused-ring (bicyclic) bond motifs is 1. The number of thiophene rings is 1. The maximum atomic E-state index is 14.7. The van der Waals surface area contributed by atoms with E-state index < -0.39 is 40.6 Å². The third-order valence-electron chi connectivity index (χ3n) is 11.1. The van der Waals surface area contributed by atoms with Gasteiger partial charge in [-0.3, -0.25) is 9.36 Å². The second kappa shape index (κ2) is 14.3. The minimum Gasteiger partial charge on any atom is -0.458 e. The van der Waals surface area contributed by atoms with Gasteiger partial charge in [0.25, 0.3) is 5.56 Å². The second-order valence-corrected chi connectivity index (χ2v) is 17.6. The van der Waals surface area contributed by atoms with Gasteiger partial charge in [0.2, 0.25) is 5.89 Å². The molecule has 12 nitrogen and oxygen atoms in total. The Morgan fingerprint density at radius 3 is 2.37 bits per heavy atom. The highest BCUT2D eigenvalue weighted by molar-refractivity contribution is 7.22. The first-order valence-corrected chi connectivity index (χ1v) is 19.6. The Morgan fingerprint density at radius 1 is 1.09 bits per heavy atom. The number of benzene rings is 1. The number of amides is 1. The van der Waals surface area contributed by atoms with Crippen LogP contribution in [0.5, 0.6) is 0 Å². The van der Waals surface area contributed by atoms with Crippen molar-refractivity contribution >= 4 is 33.6 Å². The second-order valence-electron chi connectivity index (χ2n) is 16.6. The van der Waals surface area contributed by atoms with Gasteiger partial charge in [0.1, 0.15) is 28.3 Å². The summed E-state index contributed by atoms with van der Waals surface area (Å²) in [6.45, 7) is 17.3. The number of nitrogens with zero attached hydrogens (tertiary/aromatic N) is 4. The highest BCUT2D eigenvalue weighted by atomic mass is 32.1. The zero-order valence-electron chi connectivity index (χ0n) is 32.1. The fourth-order valence-corrected chi connectivity index (χ4v) is 9.12. The lowest BCUT2D eigenvalue weighted by molar-refractivity contribution is -0.164. The van der Waals surface area contributed by atoms with Crippen LogP contribution in [0.15, 0.2) is 69.0 Å². The lowest BCUT2D eigenvalue weighted by atomic mass is 9.73. The summed E-state index contributed by atoms with van der Waals surface area (Å²) in [4.78, 5) is 63.4. The Hall–Kier alpha value is -4.49. The molecule has 13 heteroatoms. The summed E-state index contributed by atoms with van der Waals surface area (Å²) < 4.78 is 26.5. The van der Waals surface area contributed by atoms with Gasteiger partial charge in [-0.15, -0.1) is 11.3 Å². The van der Waals surface area contributed by atoms with Crippen molar-refractivity contribution in [2.45, 2.75) is 110 Å². The van der Waals surface area contributed by atoms with E-state index in [1.807, 2.05) is 30.3 Å². The molecule has 1 amide bonds. The van der Waals surface area contributed by atoms with E-state index in [1.165, 1.54) is 54.2 Å². The van der Waals surface area contributed by atoms with Crippen LogP contribution in [0.25, 0.3) is 21.0 Å². The number of carbonyl (C=O) groups excluding carboxylic acids is 2. The van der Waals surface area contributed by atoms with Gasteiger partial charge in [0.05, 0.1) is 35.2 Å². The summed E-state index contributed by atoms with van der Waals surface area (Å²) in [5, 5.41) is 0.234. The number of ether oxygens (including phenoxy) is 3. The predicted molar refractivity (Wildman–Crippen MR) is 205 cm³/mol. The molecule has 3 aliphatic rings. The molecule has 1 aromatic carbocycles. The summed E-state index contributed by atoms with van der Waals surface area (Å²) in [6.07, 6.45) is 5.35. The van der Waals surface area contributed by atoms with Crippen LogP contribution in [0.1, 0.15) is 84.5 Å². The molecule has 4 heterocycles. The standard InChI is InChI=1S/C41H50N4O8S/c1-23-20-28(23)31-24(2)21-29(31)51-27-14-17-43(18-15-27)39(49)52-30(26-12-10-9-11-13-26)22-44-36-32(25(3)33(54-36)34-42-16-19-50-34)35(46)45(38(44)48)41(7,8)37(47)53-40(4,5)6/h9-13,16,19,23,27-31H,2,14-15,17-18,20-22H2,1,3-8H3. The highest BCUT2D eigenvalue weighted by Gasteiger charge is 2.50. The van der Waals surface area contributed by atoms with Crippen LogP contribution in [0.3, 0.4) is 0 Å². The van der Waals surface area contributed by atoms with E-state index in [4.69, 9.17) is 18.6 Å². The Balaban J connectivity index is 1.19. The van der Waals surface area contributed by atoms with E-state index in [1.54, 1.807) is 32.6 Å². The van der Waals surface area contributed by atoms with Crippen molar-refractivity contribution in [3.63, 3.8) is 0 Å². The molecule has 1 aliphatic heterocycles. The molecule has 3 aromatic heterocycles. The van der Waals surface area contributed by atoms with E-state index in [-0.39, 0.29) is 24.1 Å². The molecule has 0 bridgehead atoms. The molecule has 2 saturated carbocycles. The van der Waals surface area contributed by atoms with E-state index in [0.29, 0.717) is 64.5 Å². The summed E-state index contributed by atoms with van der Waals surface area (Å²) >= 11 is 1.18. The smallest absolute Gasteiger partial charge is 0.410 e. The fraction of sp³-hybridized carbons (Fsp3) is 0.537. The number of esters is 1. The van der Waals surface area contributed by atoms with Gasteiger partial charge in [-0.1, -0.05) is 49.4 Å². The monoisotopic (exact) mass is 758 g/mol. The van der Waals surface area contributed by atoms with Crippen LogP contribution in [-0.4, -0.2) is 62.0 Å². The zero-order chi connectivity index (χ0) is 38.7. The van der Waals surface area contributed by atoms with Gasteiger partial charge >= 0.3 is 17.8 Å². The number of likely N-dealkylation sites (tertiary alicyclic amines) is 1. The van der Waals surface area contributed by atoms with Crippen molar-refractivity contribution in [2.24, 2.45) is 17.8 Å². The minimum atomic E-state index is -1.69. The van der Waals surface area contributed by atoms with E-state index in [0.717, 1.165) is 16.9 Å². The van der Waals surface area contributed by atoms with E-state index in [9.17, 15) is 19.2 Å². The van der Waals surface area contributed by atoms with Crippen LogP contribution in [0.4, 0.5) is 4.79 Å². The summed E-state index contributed by atoms with van der Waals surface area (Å²) in [6, 6.07) is 9.21. The number of carbonyl (C=O) groups is 2. The van der Waals surface area contributed by atoms with Crippen molar-refractivity contribution in [1.82, 2.24) is 19.0 Å². The molecule has 5 atom stereocenters. The molecule has 5 unspecified atom stereocenters. The first-order chi connectivity index (χ1) is 25.5. The lowest BCUT2D eigenvalue weighted by Gasteiger charge is -2.43. The maximum absolute atomic E-state index is 14.7. The minimum absolute atomic E-state index is 0.0646. The number of oxazole rings is 1. The quantitative estimate of drug-likeness (QED) is 0.121. The van der Waals surface area contributed by atoms with Crippen molar-refractivity contribution in [2.75, 3.05) is 13.1 Å². The predicted octanol–water partition coefficient (Wildman–Crippen LogP) is 7.22. The molecule has 288 valence electrons. The molecule has 0 spiro atoms. The largest absolute Gasteiger partial charge is 0.458 e. The normalized spacial score (nSPS) is 22.6. The summed E-state index contributed by atoms with van der Waals surface area (Å²) in [7, 11) is 0. The molecular weight excluding hydrogens is 709 g/mol. The molecule has 0 radical (unpaired) electrons. The first kappa shape index (κ1) is 37.8. The SMILES string of the molecule is C=C1CC(OC2CCN(C(=O)OC(Cn3c(=O)n(C(C)(C)C(=O)OC(C)(C)C)c(=O)c4c(C)c(-c5ncco5)sc43)c3ccccc3)CC2)C1C1CC1C. The van der Waals surface area contributed by atoms with Crippen LogP contribution < -0.4 is 11.2 Å². The number of piperidine rings is 1. The molecule has 0 N–H and O–H groups in total. The zero-order valence-corrected chi connectivity index (χ0v) is 32.9. The Kier molecular flexibility index (Phi) is 10.0. The summed E-state index contributed by atoms with van der Waals surface area (Å²) in [5.74, 6) is 1.43. The Bertz CT molecular complexity index is 2170. The molecule has 2 aliphatic carbocycles. The Labute approximate surface area is 318 Å². The topological polar surface area (TPSA) is 135 Å². The molecule has 7 rings (SSSR count). The van der Waals surface area contributed by atoms with Crippen molar-refractivity contribution < 1.29 is 28.2 Å². The molecule has 54 heavy (non-hydrogen) atoms. The van der Waals surface area contributed by atoms with Gasteiger partial charge in [0, 0.05) is 19.0 Å². The van der Waals surface area contributed by atoms with Crippen LogP contribution in [-0.2, 0) is 31.1 Å². The highest BCUT2D eigenvalue weighted by Crippen LogP contribution is 2.54. The lowest BCUT2D eigenvalue weighted by Crippen LogP contribution is -2.54. The number of aromatic nitrogens is 3. The van der Waals surface area contributed by atoms with E-state index >= 15 is 0 Å². The third-order valence-corrected chi connectivity index (χ3v) is 12.4.